The molecule has 0 bridgehead atoms. The first-order valence-electron chi connectivity index (χ1n) is 6.50. The molecule has 3 heteroatoms. The van der Waals surface area contributed by atoms with E-state index in [4.69, 9.17) is 0 Å². The lowest BCUT2D eigenvalue weighted by Gasteiger charge is -2.28. The molecule has 0 aliphatic heterocycles. The van der Waals surface area contributed by atoms with Crippen LogP contribution in [0.4, 0.5) is 0 Å². The fraction of sp³-hybridized carbons (Fsp3) is 0.714. The summed E-state index contributed by atoms with van der Waals surface area (Å²) in [6.07, 6.45) is 5.18. The summed E-state index contributed by atoms with van der Waals surface area (Å²) < 4.78 is 0. The molecule has 1 atom stereocenters. The molecule has 1 heterocycles. The fourth-order valence-electron chi connectivity index (χ4n) is 2.39. The maximum absolute atomic E-state index is 4.39. The molecule has 0 aromatic carbocycles. The van der Waals surface area contributed by atoms with Crippen molar-refractivity contribution in [2.75, 3.05) is 6.54 Å². The van der Waals surface area contributed by atoms with Gasteiger partial charge in [0.15, 0.2) is 0 Å². The number of rotatable bonds is 2. The van der Waals surface area contributed by atoms with Crippen LogP contribution in [-0.4, -0.2) is 22.1 Å². The monoisotopic (exact) mass is 233 g/mol. The van der Waals surface area contributed by atoms with Crippen molar-refractivity contribution in [2.24, 2.45) is 5.92 Å². The van der Waals surface area contributed by atoms with E-state index >= 15 is 0 Å². The number of nitrogens with one attached hydrogen (secondary N) is 1. The van der Waals surface area contributed by atoms with Gasteiger partial charge in [-0.25, -0.2) is 9.97 Å². The number of nitrogens with zero attached hydrogens (tertiary/aromatic N) is 2. The minimum atomic E-state index is 0.211. The van der Waals surface area contributed by atoms with Gasteiger partial charge in [-0.3, -0.25) is 0 Å². The fourth-order valence-corrected chi connectivity index (χ4v) is 2.39. The van der Waals surface area contributed by atoms with Gasteiger partial charge in [-0.2, -0.15) is 0 Å². The zero-order chi connectivity index (χ0) is 12.5. The first kappa shape index (κ1) is 12.5. The van der Waals surface area contributed by atoms with Gasteiger partial charge < -0.3 is 5.32 Å². The first-order valence-corrected chi connectivity index (χ1v) is 6.50. The lowest BCUT2D eigenvalue weighted by Crippen LogP contribution is -2.40. The summed E-state index contributed by atoms with van der Waals surface area (Å²) in [6.45, 7) is 9.85. The first-order chi connectivity index (χ1) is 7.96. The van der Waals surface area contributed by atoms with Gasteiger partial charge in [-0.1, -0.05) is 0 Å². The van der Waals surface area contributed by atoms with Crippen LogP contribution in [0.15, 0.2) is 6.33 Å². The Morgan fingerprint density at radius 2 is 2.12 bits per heavy atom. The maximum atomic E-state index is 4.39. The van der Waals surface area contributed by atoms with Crippen molar-refractivity contribution in [1.29, 1.82) is 0 Å². The number of hydrogen-bond donors (Lipinski definition) is 1. The Morgan fingerprint density at radius 3 is 2.82 bits per heavy atom. The molecule has 1 N–H and O–H groups in total. The normalized spacial score (nSPS) is 20.1. The molecule has 1 aromatic rings. The Kier molecular flexibility index (Phi) is 3.48. The van der Waals surface area contributed by atoms with Crippen LogP contribution in [0, 0.1) is 12.8 Å². The minimum Gasteiger partial charge on any atom is -0.312 e. The lowest BCUT2D eigenvalue weighted by molar-refractivity contribution is 0.346. The Labute approximate surface area is 104 Å². The third kappa shape index (κ3) is 3.25. The minimum absolute atomic E-state index is 0.211. The molecule has 2 rings (SSSR count). The predicted octanol–water partition coefficient (Wildman–Crippen LogP) is 2.28. The molecule has 0 saturated heterocycles. The van der Waals surface area contributed by atoms with E-state index in [-0.39, 0.29) is 5.54 Å². The summed E-state index contributed by atoms with van der Waals surface area (Å²) in [5.41, 5.74) is 4.03. The van der Waals surface area contributed by atoms with Gasteiger partial charge in [-0.05, 0) is 65.0 Å². The second-order valence-corrected chi connectivity index (χ2v) is 6.12. The second kappa shape index (κ2) is 4.73. The van der Waals surface area contributed by atoms with Crippen molar-refractivity contribution in [1.82, 2.24) is 15.3 Å². The predicted molar refractivity (Wildman–Crippen MR) is 70.0 cm³/mol. The molecule has 0 fully saturated rings. The highest BCUT2D eigenvalue weighted by molar-refractivity contribution is 5.26. The molecule has 1 aliphatic rings. The largest absolute Gasteiger partial charge is 0.312 e. The Hall–Kier alpha value is -0.960. The van der Waals surface area contributed by atoms with Crippen LogP contribution in [0.3, 0.4) is 0 Å². The average molecular weight is 233 g/mol. The van der Waals surface area contributed by atoms with Crippen LogP contribution < -0.4 is 5.32 Å². The Morgan fingerprint density at radius 1 is 1.35 bits per heavy atom. The third-order valence-corrected chi connectivity index (χ3v) is 3.45. The summed E-state index contributed by atoms with van der Waals surface area (Å²) in [4.78, 5) is 8.70. The van der Waals surface area contributed by atoms with Crippen LogP contribution in [0.2, 0.25) is 0 Å². The Bertz CT molecular complexity index is 393. The second-order valence-electron chi connectivity index (χ2n) is 6.12. The summed E-state index contributed by atoms with van der Waals surface area (Å²) in [7, 11) is 0. The van der Waals surface area contributed by atoms with Crippen LogP contribution in [-0.2, 0) is 12.8 Å². The zero-order valence-corrected chi connectivity index (χ0v) is 11.4. The topological polar surface area (TPSA) is 37.8 Å². The third-order valence-electron chi connectivity index (χ3n) is 3.45. The van der Waals surface area contributed by atoms with Gasteiger partial charge >= 0.3 is 0 Å². The van der Waals surface area contributed by atoms with Crippen LogP contribution >= 0.6 is 0 Å². The van der Waals surface area contributed by atoms with Crippen molar-refractivity contribution < 1.29 is 0 Å². The van der Waals surface area contributed by atoms with E-state index in [0.717, 1.165) is 31.0 Å². The molecule has 1 unspecified atom stereocenters. The SMILES string of the molecule is Cc1ncnc2c1CC(CNC(C)(C)C)CC2. The molecule has 17 heavy (non-hydrogen) atoms. The van der Waals surface area contributed by atoms with Crippen LogP contribution in [0.25, 0.3) is 0 Å². The van der Waals surface area contributed by atoms with Gasteiger partial charge in [0, 0.05) is 16.9 Å². The summed E-state index contributed by atoms with van der Waals surface area (Å²) in [5, 5.41) is 3.60. The molecule has 0 saturated carbocycles. The van der Waals surface area contributed by atoms with Crippen molar-refractivity contribution in [3.63, 3.8) is 0 Å². The molecular formula is C14H23N3. The van der Waals surface area contributed by atoms with E-state index in [1.165, 1.54) is 17.7 Å². The highest BCUT2D eigenvalue weighted by Crippen LogP contribution is 2.25. The van der Waals surface area contributed by atoms with Gasteiger partial charge in [0.2, 0.25) is 0 Å². The summed E-state index contributed by atoms with van der Waals surface area (Å²) in [5.74, 6) is 0.728. The van der Waals surface area contributed by atoms with E-state index in [1.807, 2.05) is 0 Å². The summed E-state index contributed by atoms with van der Waals surface area (Å²) >= 11 is 0. The summed E-state index contributed by atoms with van der Waals surface area (Å²) in [6, 6.07) is 0. The molecule has 1 aromatic heterocycles. The number of aryl methyl sites for hydroxylation is 2. The van der Waals surface area contributed by atoms with Crippen molar-refractivity contribution in [2.45, 2.75) is 52.5 Å². The Balaban J connectivity index is 2.01. The van der Waals surface area contributed by atoms with Crippen molar-refractivity contribution >= 4 is 0 Å². The van der Waals surface area contributed by atoms with E-state index in [0.29, 0.717) is 0 Å². The molecule has 0 radical (unpaired) electrons. The molecule has 94 valence electrons. The molecule has 0 amide bonds. The molecular weight excluding hydrogens is 210 g/mol. The van der Waals surface area contributed by atoms with Gasteiger partial charge in [0.05, 0.1) is 0 Å². The quantitative estimate of drug-likeness (QED) is 0.851. The van der Waals surface area contributed by atoms with Crippen LogP contribution in [0.1, 0.15) is 44.1 Å². The van der Waals surface area contributed by atoms with E-state index < -0.39 is 0 Å². The number of aromatic nitrogens is 2. The smallest absolute Gasteiger partial charge is 0.115 e. The van der Waals surface area contributed by atoms with Crippen molar-refractivity contribution in [3.8, 4) is 0 Å². The highest BCUT2D eigenvalue weighted by atomic mass is 14.9. The van der Waals surface area contributed by atoms with E-state index in [1.54, 1.807) is 6.33 Å². The van der Waals surface area contributed by atoms with Gasteiger partial charge in [-0.15, -0.1) is 0 Å². The van der Waals surface area contributed by atoms with E-state index in [9.17, 15) is 0 Å². The lowest BCUT2D eigenvalue weighted by atomic mass is 9.85. The molecule has 3 nitrogen and oxygen atoms in total. The standard InChI is InChI=1S/C14H23N3/c1-10-12-7-11(8-17-14(2,3)4)5-6-13(12)16-9-15-10/h9,11,17H,5-8H2,1-4H3. The van der Waals surface area contributed by atoms with Gasteiger partial charge in [0.25, 0.3) is 0 Å². The number of hydrogen-bond acceptors (Lipinski definition) is 3. The zero-order valence-electron chi connectivity index (χ0n) is 11.4. The number of fused-ring (bicyclic) bond motifs is 1. The highest BCUT2D eigenvalue weighted by Gasteiger charge is 2.22. The average Bonchev–Trinajstić information content (AvgIpc) is 2.26. The van der Waals surface area contributed by atoms with Crippen LogP contribution in [0.5, 0.6) is 0 Å². The van der Waals surface area contributed by atoms with Gasteiger partial charge in [0.1, 0.15) is 6.33 Å². The maximum Gasteiger partial charge on any atom is 0.115 e. The van der Waals surface area contributed by atoms with Crippen molar-refractivity contribution in [3.05, 3.63) is 23.3 Å². The molecule has 1 aliphatic carbocycles. The molecule has 0 spiro atoms. The van der Waals surface area contributed by atoms with E-state index in [2.05, 4.69) is 43.0 Å².